The number of fused-ring (bicyclic) bond motifs is 1. The van der Waals surface area contributed by atoms with Crippen molar-refractivity contribution in [1.29, 1.82) is 0 Å². The Bertz CT molecular complexity index is 1040. The van der Waals surface area contributed by atoms with Gasteiger partial charge in [-0.25, -0.2) is 0 Å². The van der Waals surface area contributed by atoms with E-state index in [0.29, 0.717) is 12.5 Å². The van der Waals surface area contributed by atoms with Gasteiger partial charge in [0.15, 0.2) is 0 Å². The fourth-order valence-corrected chi connectivity index (χ4v) is 5.96. The van der Waals surface area contributed by atoms with E-state index >= 15 is 0 Å². The smallest absolute Gasteiger partial charge is 0.258 e. The lowest BCUT2D eigenvalue weighted by atomic mass is 9.84. The fraction of sp³-hybridized carbons (Fsp3) is 0.500. The Morgan fingerprint density at radius 1 is 0.939 bits per heavy atom. The molecule has 1 saturated heterocycles. The Balaban J connectivity index is 1.51. The van der Waals surface area contributed by atoms with E-state index in [9.17, 15) is 9.59 Å². The quantitative estimate of drug-likeness (QED) is 0.631. The molecular weight excluding hydrogens is 410 g/mol. The van der Waals surface area contributed by atoms with Crippen LogP contribution in [0.5, 0.6) is 0 Å². The second kappa shape index (κ2) is 9.20. The fourth-order valence-electron chi connectivity index (χ4n) is 5.96. The van der Waals surface area contributed by atoms with Crippen molar-refractivity contribution in [3.63, 3.8) is 0 Å². The topological polar surface area (TPSA) is 43.9 Å². The van der Waals surface area contributed by atoms with E-state index in [1.807, 2.05) is 23.1 Å². The number of carbonyl (C=O) groups excluding carboxylic acids is 2. The van der Waals surface area contributed by atoms with Crippen molar-refractivity contribution in [2.45, 2.75) is 64.8 Å². The summed E-state index contributed by atoms with van der Waals surface area (Å²) < 4.78 is 0. The molecule has 5 rings (SSSR count). The molecule has 174 valence electrons. The number of benzene rings is 2. The molecule has 33 heavy (non-hydrogen) atoms. The number of carbonyl (C=O) groups is 2. The summed E-state index contributed by atoms with van der Waals surface area (Å²) in [6.07, 6.45) is 7.90. The normalized spacial score (nSPS) is 22.4. The molecule has 0 aromatic heterocycles. The average Bonchev–Trinajstić information content (AvgIpc) is 3.50. The first-order chi connectivity index (χ1) is 16.0. The summed E-state index contributed by atoms with van der Waals surface area (Å²) in [6, 6.07) is 14.7. The molecule has 2 fully saturated rings. The number of rotatable bonds is 4. The van der Waals surface area contributed by atoms with Gasteiger partial charge in [0.1, 0.15) is 0 Å². The zero-order valence-corrected chi connectivity index (χ0v) is 19.9. The Morgan fingerprint density at radius 2 is 1.73 bits per heavy atom. The van der Waals surface area contributed by atoms with Crippen LogP contribution in [0.25, 0.3) is 0 Å². The van der Waals surface area contributed by atoms with E-state index in [0.717, 1.165) is 54.9 Å². The van der Waals surface area contributed by atoms with Crippen molar-refractivity contribution in [2.24, 2.45) is 5.92 Å². The number of nitrogens with zero attached hydrogens (tertiary/aromatic N) is 3. The van der Waals surface area contributed by atoms with E-state index < -0.39 is 0 Å². The second-order valence-electron chi connectivity index (χ2n) is 9.98. The number of anilines is 3. The molecule has 0 spiro atoms. The monoisotopic (exact) mass is 445 g/mol. The number of amides is 2. The zero-order valence-electron chi connectivity index (χ0n) is 19.9. The van der Waals surface area contributed by atoms with Crippen molar-refractivity contribution in [3.05, 3.63) is 53.6 Å². The van der Waals surface area contributed by atoms with Crippen LogP contribution in [0.4, 0.5) is 17.1 Å². The van der Waals surface area contributed by atoms with Crippen molar-refractivity contribution in [2.75, 3.05) is 34.3 Å². The van der Waals surface area contributed by atoms with E-state index in [4.69, 9.17) is 0 Å². The van der Waals surface area contributed by atoms with E-state index in [1.165, 1.54) is 31.4 Å². The van der Waals surface area contributed by atoms with E-state index in [2.05, 4.69) is 41.0 Å². The van der Waals surface area contributed by atoms with Crippen LogP contribution in [0, 0.1) is 5.92 Å². The predicted molar refractivity (Wildman–Crippen MR) is 134 cm³/mol. The molecule has 5 heteroatoms. The Hall–Kier alpha value is -2.82. The van der Waals surface area contributed by atoms with Crippen LogP contribution < -0.4 is 14.7 Å². The summed E-state index contributed by atoms with van der Waals surface area (Å²) >= 11 is 0. The van der Waals surface area contributed by atoms with Crippen molar-refractivity contribution in [1.82, 2.24) is 0 Å². The van der Waals surface area contributed by atoms with Crippen LogP contribution in [0.15, 0.2) is 42.5 Å². The van der Waals surface area contributed by atoms with Gasteiger partial charge >= 0.3 is 0 Å². The summed E-state index contributed by atoms with van der Waals surface area (Å²) in [4.78, 5) is 32.3. The third kappa shape index (κ3) is 4.25. The third-order valence-electron chi connectivity index (χ3n) is 7.80. The molecular formula is C28H35N3O2. The molecule has 2 aliphatic heterocycles. The van der Waals surface area contributed by atoms with Crippen LogP contribution in [0.1, 0.15) is 68.3 Å². The molecule has 2 amide bonds. The largest absolute Gasteiger partial charge is 0.371 e. The van der Waals surface area contributed by atoms with Crippen LogP contribution in [-0.2, 0) is 11.2 Å². The highest BCUT2D eigenvalue weighted by Gasteiger charge is 2.33. The van der Waals surface area contributed by atoms with E-state index in [-0.39, 0.29) is 17.9 Å². The van der Waals surface area contributed by atoms with Crippen LogP contribution >= 0.6 is 0 Å². The minimum absolute atomic E-state index is 0.0595. The van der Waals surface area contributed by atoms with Gasteiger partial charge in [0, 0.05) is 55.2 Å². The van der Waals surface area contributed by atoms with Crippen LogP contribution in [0.3, 0.4) is 0 Å². The van der Waals surface area contributed by atoms with E-state index in [1.54, 1.807) is 6.92 Å². The number of hydrogen-bond acceptors (Lipinski definition) is 3. The lowest BCUT2D eigenvalue weighted by Gasteiger charge is -2.39. The molecule has 5 nitrogen and oxygen atoms in total. The maximum absolute atomic E-state index is 14.1. The molecule has 2 aromatic carbocycles. The van der Waals surface area contributed by atoms with Gasteiger partial charge in [0.25, 0.3) is 5.91 Å². The Kier molecular flexibility index (Phi) is 6.13. The van der Waals surface area contributed by atoms with Gasteiger partial charge in [-0.05, 0) is 80.0 Å². The summed E-state index contributed by atoms with van der Waals surface area (Å²) in [5, 5.41) is 0. The lowest BCUT2D eigenvalue weighted by molar-refractivity contribution is -0.116. The minimum Gasteiger partial charge on any atom is -0.371 e. The molecule has 1 aliphatic carbocycles. The number of hydrogen-bond donors (Lipinski definition) is 0. The lowest BCUT2D eigenvalue weighted by Crippen LogP contribution is -2.45. The van der Waals surface area contributed by atoms with Gasteiger partial charge in [-0.2, -0.15) is 0 Å². The third-order valence-corrected chi connectivity index (χ3v) is 7.80. The van der Waals surface area contributed by atoms with Gasteiger partial charge in [-0.15, -0.1) is 0 Å². The highest BCUT2D eigenvalue weighted by molar-refractivity contribution is 6.07. The van der Waals surface area contributed by atoms with Crippen molar-refractivity contribution < 1.29 is 9.59 Å². The Morgan fingerprint density at radius 3 is 2.48 bits per heavy atom. The summed E-state index contributed by atoms with van der Waals surface area (Å²) in [5.41, 5.74) is 5.00. The predicted octanol–water partition coefficient (Wildman–Crippen LogP) is 5.42. The summed E-state index contributed by atoms with van der Waals surface area (Å²) in [7, 11) is 0. The van der Waals surface area contributed by atoms with Crippen molar-refractivity contribution >= 4 is 28.9 Å². The Labute approximate surface area is 197 Å². The zero-order chi connectivity index (χ0) is 22.9. The first kappa shape index (κ1) is 22.0. The summed E-state index contributed by atoms with van der Waals surface area (Å²) in [6.45, 7) is 6.78. The molecule has 2 heterocycles. The molecule has 0 N–H and O–H groups in total. The van der Waals surface area contributed by atoms with Gasteiger partial charge in [0.2, 0.25) is 5.91 Å². The molecule has 0 radical (unpaired) electrons. The maximum atomic E-state index is 14.1. The standard InChI is InChI=1S/C28H35N3O2/c1-20-8-3-4-11-26(20)31(25-10-7-9-24(19-25)29-15-5-6-16-29)28(33)23-12-13-27-22(18-23)14-17-30(27)21(2)32/h7,9-10,12-13,18-20,26H,3-6,8,11,14-17H2,1-2H3/t20-,26+/m1/s1. The molecule has 0 unspecified atom stereocenters. The molecule has 1 saturated carbocycles. The second-order valence-corrected chi connectivity index (χ2v) is 9.98. The molecule has 2 atom stereocenters. The molecule has 2 aromatic rings. The first-order valence-electron chi connectivity index (χ1n) is 12.6. The van der Waals surface area contributed by atoms with Gasteiger partial charge in [0.05, 0.1) is 0 Å². The van der Waals surface area contributed by atoms with Gasteiger partial charge in [-0.1, -0.05) is 25.8 Å². The van der Waals surface area contributed by atoms with Crippen LogP contribution in [0.2, 0.25) is 0 Å². The molecule has 0 bridgehead atoms. The maximum Gasteiger partial charge on any atom is 0.258 e. The van der Waals surface area contributed by atoms with Gasteiger partial charge in [-0.3, -0.25) is 9.59 Å². The van der Waals surface area contributed by atoms with Crippen LogP contribution in [-0.4, -0.2) is 37.5 Å². The highest BCUT2D eigenvalue weighted by Crippen LogP contribution is 2.36. The summed E-state index contributed by atoms with van der Waals surface area (Å²) in [5.74, 6) is 0.612. The average molecular weight is 446 g/mol. The first-order valence-corrected chi connectivity index (χ1v) is 12.6. The van der Waals surface area contributed by atoms with Gasteiger partial charge < -0.3 is 14.7 Å². The molecule has 3 aliphatic rings. The minimum atomic E-state index is 0.0595. The van der Waals surface area contributed by atoms with Crippen molar-refractivity contribution in [3.8, 4) is 0 Å². The highest BCUT2D eigenvalue weighted by atomic mass is 16.2. The SMILES string of the molecule is CC(=O)N1CCc2cc(C(=O)N(c3cccc(N4CCCC4)c3)[C@H]3CCCC[C@H]3C)ccc21.